The average Bonchev–Trinajstić information content (AvgIpc) is 2.63. The SMILES string of the molecule is CCOc1cc(C=C(C#N)C(=O)NC(C)c2ccccc2)ccc1O. The standard InChI is InChI=1S/C20H20N2O3/c1-3-25-19-12-15(9-10-18(19)23)11-17(13-21)20(24)22-14(2)16-7-5-4-6-8-16/h4-12,14,23H,3H2,1-2H3,(H,22,24). The number of amides is 1. The molecular weight excluding hydrogens is 316 g/mol. The lowest BCUT2D eigenvalue weighted by atomic mass is 10.1. The van der Waals surface area contributed by atoms with Crippen molar-refractivity contribution in [3.8, 4) is 17.6 Å². The van der Waals surface area contributed by atoms with Crippen LogP contribution in [-0.4, -0.2) is 17.6 Å². The Morgan fingerprint density at radius 2 is 2.04 bits per heavy atom. The molecule has 2 aromatic rings. The molecule has 0 spiro atoms. The predicted octanol–water partition coefficient (Wildman–Crippen LogP) is 3.58. The zero-order valence-electron chi connectivity index (χ0n) is 14.2. The largest absolute Gasteiger partial charge is 0.504 e. The molecule has 0 aliphatic carbocycles. The van der Waals surface area contributed by atoms with E-state index in [4.69, 9.17) is 4.74 Å². The molecule has 1 unspecified atom stereocenters. The topological polar surface area (TPSA) is 82.3 Å². The fourth-order valence-corrected chi connectivity index (χ4v) is 2.31. The van der Waals surface area contributed by atoms with Crippen LogP contribution in [0, 0.1) is 11.3 Å². The maximum Gasteiger partial charge on any atom is 0.262 e. The lowest BCUT2D eigenvalue weighted by Gasteiger charge is -2.13. The fraction of sp³-hybridized carbons (Fsp3) is 0.200. The van der Waals surface area contributed by atoms with Crippen molar-refractivity contribution in [2.24, 2.45) is 0 Å². The Kier molecular flexibility index (Phi) is 6.19. The number of phenolic OH excluding ortho intramolecular Hbond substituents is 1. The van der Waals surface area contributed by atoms with E-state index in [1.54, 1.807) is 19.1 Å². The van der Waals surface area contributed by atoms with E-state index in [0.29, 0.717) is 17.9 Å². The number of nitrogens with one attached hydrogen (secondary N) is 1. The van der Waals surface area contributed by atoms with Gasteiger partial charge in [-0.15, -0.1) is 0 Å². The Hall–Kier alpha value is -3.26. The summed E-state index contributed by atoms with van der Waals surface area (Å²) in [5, 5.41) is 21.8. The quantitative estimate of drug-likeness (QED) is 0.624. The molecule has 1 atom stereocenters. The third kappa shape index (κ3) is 4.85. The summed E-state index contributed by atoms with van der Waals surface area (Å²) in [5.41, 5.74) is 1.53. The molecule has 0 fully saturated rings. The molecule has 0 radical (unpaired) electrons. The molecule has 5 nitrogen and oxygen atoms in total. The van der Waals surface area contributed by atoms with E-state index < -0.39 is 5.91 Å². The molecule has 0 saturated heterocycles. The monoisotopic (exact) mass is 336 g/mol. The van der Waals surface area contributed by atoms with Crippen LogP contribution in [-0.2, 0) is 4.79 Å². The van der Waals surface area contributed by atoms with Crippen LogP contribution in [0.4, 0.5) is 0 Å². The maximum absolute atomic E-state index is 12.4. The number of hydrogen-bond acceptors (Lipinski definition) is 4. The Morgan fingerprint density at radius 3 is 2.68 bits per heavy atom. The molecule has 0 aromatic heterocycles. The van der Waals surface area contributed by atoms with Crippen LogP contribution >= 0.6 is 0 Å². The summed E-state index contributed by atoms with van der Waals surface area (Å²) in [6.07, 6.45) is 1.47. The summed E-state index contributed by atoms with van der Waals surface area (Å²) in [4.78, 5) is 12.4. The number of phenols is 1. The number of aromatic hydroxyl groups is 1. The van der Waals surface area contributed by atoms with Crippen molar-refractivity contribution >= 4 is 12.0 Å². The first-order chi connectivity index (χ1) is 12.0. The van der Waals surface area contributed by atoms with E-state index in [0.717, 1.165) is 5.56 Å². The van der Waals surface area contributed by atoms with E-state index in [9.17, 15) is 15.2 Å². The zero-order valence-corrected chi connectivity index (χ0v) is 14.2. The van der Waals surface area contributed by atoms with Crippen LogP contribution in [0.1, 0.15) is 31.0 Å². The number of hydrogen-bond donors (Lipinski definition) is 2. The van der Waals surface area contributed by atoms with Crippen molar-refractivity contribution in [1.29, 1.82) is 5.26 Å². The maximum atomic E-state index is 12.4. The molecule has 0 saturated carbocycles. The van der Waals surface area contributed by atoms with E-state index >= 15 is 0 Å². The van der Waals surface area contributed by atoms with Gasteiger partial charge < -0.3 is 15.2 Å². The summed E-state index contributed by atoms with van der Waals surface area (Å²) in [6.45, 7) is 4.07. The highest BCUT2D eigenvalue weighted by molar-refractivity contribution is 6.01. The van der Waals surface area contributed by atoms with Gasteiger partial charge in [0, 0.05) is 0 Å². The second-order valence-electron chi connectivity index (χ2n) is 5.44. The minimum Gasteiger partial charge on any atom is -0.504 e. The summed E-state index contributed by atoms with van der Waals surface area (Å²) in [6, 6.07) is 15.9. The van der Waals surface area contributed by atoms with Gasteiger partial charge in [0.1, 0.15) is 11.6 Å². The Labute approximate surface area is 147 Å². The number of carbonyl (C=O) groups is 1. The first-order valence-corrected chi connectivity index (χ1v) is 7.98. The second-order valence-corrected chi connectivity index (χ2v) is 5.44. The van der Waals surface area contributed by atoms with E-state index in [1.807, 2.05) is 43.3 Å². The van der Waals surface area contributed by atoms with Crippen molar-refractivity contribution < 1.29 is 14.6 Å². The van der Waals surface area contributed by atoms with Crippen molar-refractivity contribution in [1.82, 2.24) is 5.32 Å². The highest BCUT2D eigenvalue weighted by Crippen LogP contribution is 2.27. The molecule has 2 aromatic carbocycles. The number of carbonyl (C=O) groups excluding carboxylic acids is 1. The van der Waals surface area contributed by atoms with Crippen LogP contribution in [0.25, 0.3) is 6.08 Å². The summed E-state index contributed by atoms with van der Waals surface area (Å²) in [5.74, 6) is -0.129. The molecule has 5 heteroatoms. The third-order valence-electron chi connectivity index (χ3n) is 3.61. The van der Waals surface area contributed by atoms with E-state index in [-0.39, 0.29) is 17.4 Å². The number of ether oxygens (including phenoxy) is 1. The van der Waals surface area contributed by atoms with Gasteiger partial charge in [0.2, 0.25) is 0 Å². The number of rotatable bonds is 6. The van der Waals surface area contributed by atoms with E-state index in [2.05, 4.69) is 5.32 Å². The Morgan fingerprint density at radius 1 is 1.32 bits per heavy atom. The number of nitrogens with zero attached hydrogens (tertiary/aromatic N) is 1. The van der Waals surface area contributed by atoms with Gasteiger partial charge in [-0.05, 0) is 43.2 Å². The Bertz CT molecular complexity index is 807. The van der Waals surface area contributed by atoms with Crippen LogP contribution in [0.15, 0.2) is 54.1 Å². The molecule has 0 aliphatic rings. The zero-order chi connectivity index (χ0) is 18.2. The predicted molar refractivity (Wildman–Crippen MR) is 95.9 cm³/mol. The van der Waals surface area contributed by atoms with Crippen molar-refractivity contribution in [3.63, 3.8) is 0 Å². The first-order valence-electron chi connectivity index (χ1n) is 7.98. The second kappa shape index (κ2) is 8.55. The third-order valence-corrected chi connectivity index (χ3v) is 3.61. The highest BCUT2D eigenvalue weighted by atomic mass is 16.5. The van der Waals surface area contributed by atoms with Gasteiger partial charge >= 0.3 is 0 Å². The average molecular weight is 336 g/mol. The molecule has 1 amide bonds. The van der Waals surface area contributed by atoms with Crippen molar-refractivity contribution in [2.45, 2.75) is 19.9 Å². The lowest BCUT2D eigenvalue weighted by Crippen LogP contribution is -2.27. The van der Waals surface area contributed by atoms with Gasteiger partial charge in [-0.1, -0.05) is 36.4 Å². The molecule has 0 aliphatic heterocycles. The first kappa shape index (κ1) is 18.1. The van der Waals surface area contributed by atoms with Gasteiger partial charge in [-0.3, -0.25) is 4.79 Å². The van der Waals surface area contributed by atoms with Gasteiger partial charge in [0.05, 0.1) is 12.6 Å². The highest BCUT2D eigenvalue weighted by Gasteiger charge is 2.14. The smallest absolute Gasteiger partial charge is 0.262 e. The van der Waals surface area contributed by atoms with Crippen LogP contribution in [0.5, 0.6) is 11.5 Å². The van der Waals surface area contributed by atoms with Crippen LogP contribution < -0.4 is 10.1 Å². The molecule has 0 bridgehead atoms. The number of benzene rings is 2. The van der Waals surface area contributed by atoms with Gasteiger partial charge in [-0.2, -0.15) is 5.26 Å². The Balaban J connectivity index is 2.18. The molecule has 128 valence electrons. The summed E-state index contributed by atoms with van der Waals surface area (Å²) in [7, 11) is 0. The fourth-order valence-electron chi connectivity index (χ4n) is 2.31. The molecule has 2 rings (SSSR count). The van der Waals surface area contributed by atoms with Gasteiger partial charge in [0.25, 0.3) is 5.91 Å². The minimum absolute atomic E-state index is 0.0136. The van der Waals surface area contributed by atoms with Gasteiger partial charge in [0.15, 0.2) is 11.5 Å². The molecule has 0 heterocycles. The van der Waals surface area contributed by atoms with E-state index in [1.165, 1.54) is 12.1 Å². The molecule has 25 heavy (non-hydrogen) atoms. The van der Waals surface area contributed by atoms with Gasteiger partial charge in [-0.25, -0.2) is 0 Å². The summed E-state index contributed by atoms with van der Waals surface area (Å²) < 4.78 is 5.31. The molecular formula is C20H20N2O3. The molecule has 2 N–H and O–H groups in total. The normalized spacial score (nSPS) is 12.1. The van der Waals surface area contributed by atoms with Crippen LogP contribution in [0.3, 0.4) is 0 Å². The van der Waals surface area contributed by atoms with Crippen LogP contribution in [0.2, 0.25) is 0 Å². The van der Waals surface area contributed by atoms with Crippen molar-refractivity contribution in [2.75, 3.05) is 6.61 Å². The lowest BCUT2D eigenvalue weighted by molar-refractivity contribution is -0.117. The minimum atomic E-state index is -0.454. The summed E-state index contributed by atoms with van der Waals surface area (Å²) >= 11 is 0. The number of nitriles is 1. The van der Waals surface area contributed by atoms with Crippen molar-refractivity contribution in [3.05, 3.63) is 65.2 Å².